The first-order valence-corrected chi connectivity index (χ1v) is 6.12. The van der Waals surface area contributed by atoms with Gasteiger partial charge in [-0.2, -0.15) is 0 Å². The van der Waals surface area contributed by atoms with Gasteiger partial charge in [-0.15, -0.1) is 0 Å². The van der Waals surface area contributed by atoms with Gasteiger partial charge in [0.05, 0.1) is 12.7 Å². The first kappa shape index (κ1) is 12.6. The minimum absolute atomic E-state index is 0.0158. The predicted octanol–water partition coefficient (Wildman–Crippen LogP) is 2.33. The quantitative estimate of drug-likeness (QED) is 0.488. The second-order valence-corrected chi connectivity index (χ2v) is 4.79. The zero-order valence-electron chi connectivity index (χ0n) is 10.7. The fourth-order valence-corrected chi connectivity index (χ4v) is 2.35. The fraction of sp³-hybridized carbons (Fsp3) is 0.429. The molecule has 0 aromatic heterocycles. The number of carbonyl (C=O) groups is 1. The van der Waals surface area contributed by atoms with E-state index in [1.165, 1.54) is 13.5 Å². The molecule has 1 fully saturated rings. The number of hydrogen-bond donors (Lipinski definition) is 2. The van der Waals surface area contributed by atoms with Crippen LogP contribution in [0.3, 0.4) is 0 Å². The number of carbonyl (C=O) groups excluding carboxylic acids is 1. The molecule has 1 aromatic rings. The van der Waals surface area contributed by atoms with E-state index in [0.29, 0.717) is 17.0 Å². The smallest absolute Gasteiger partial charge is 0.338 e. The van der Waals surface area contributed by atoms with Gasteiger partial charge in [-0.25, -0.2) is 4.79 Å². The fourth-order valence-electron chi connectivity index (χ4n) is 2.35. The molecule has 0 unspecified atom stereocenters. The predicted molar refractivity (Wildman–Crippen MR) is 70.1 cm³/mol. The summed E-state index contributed by atoms with van der Waals surface area (Å²) >= 11 is 0. The van der Waals surface area contributed by atoms with Gasteiger partial charge in [0.1, 0.15) is 5.84 Å². The molecule has 2 rings (SSSR count). The SMILES string of the molecule is COC(=O)c1cc(C(=N)N)c(C2CCC2)cc1C. The molecule has 1 aliphatic rings. The van der Waals surface area contributed by atoms with E-state index in [1.807, 2.05) is 13.0 Å². The van der Waals surface area contributed by atoms with Crippen LogP contribution in [0.15, 0.2) is 12.1 Å². The van der Waals surface area contributed by atoms with Gasteiger partial charge >= 0.3 is 5.97 Å². The molecule has 1 saturated carbocycles. The Bertz CT molecular complexity index is 505. The molecule has 0 amide bonds. The second kappa shape index (κ2) is 4.80. The highest BCUT2D eigenvalue weighted by Gasteiger charge is 2.25. The van der Waals surface area contributed by atoms with Crippen LogP contribution in [0.5, 0.6) is 0 Å². The van der Waals surface area contributed by atoms with E-state index >= 15 is 0 Å². The number of nitrogens with one attached hydrogen (secondary N) is 1. The third-order valence-electron chi connectivity index (χ3n) is 3.64. The van der Waals surface area contributed by atoms with Crippen molar-refractivity contribution in [1.82, 2.24) is 0 Å². The Kier molecular flexibility index (Phi) is 3.36. The van der Waals surface area contributed by atoms with Crippen molar-refractivity contribution in [2.75, 3.05) is 7.11 Å². The Hall–Kier alpha value is -1.84. The summed E-state index contributed by atoms with van der Waals surface area (Å²) in [6, 6.07) is 3.67. The van der Waals surface area contributed by atoms with Crippen molar-refractivity contribution in [3.63, 3.8) is 0 Å². The highest BCUT2D eigenvalue weighted by Crippen LogP contribution is 2.38. The summed E-state index contributed by atoms with van der Waals surface area (Å²) in [4.78, 5) is 11.6. The van der Waals surface area contributed by atoms with Crippen LogP contribution in [0, 0.1) is 12.3 Å². The second-order valence-electron chi connectivity index (χ2n) is 4.79. The Balaban J connectivity index is 2.51. The standard InChI is InChI=1S/C14H18N2O2/c1-8-6-11(9-4-3-5-9)12(13(15)16)7-10(8)14(17)18-2/h6-7,9H,3-5H2,1-2H3,(H3,15,16). The van der Waals surface area contributed by atoms with Crippen LogP contribution in [-0.2, 0) is 4.74 Å². The minimum atomic E-state index is -0.379. The summed E-state index contributed by atoms with van der Waals surface area (Å²) in [6.07, 6.45) is 3.49. The number of rotatable bonds is 3. The third-order valence-corrected chi connectivity index (χ3v) is 3.64. The molecule has 0 aliphatic heterocycles. The molecule has 96 valence electrons. The van der Waals surface area contributed by atoms with Gasteiger partial charge in [0, 0.05) is 5.56 Å². The topological polar surface area (TPSA) is 76.2 Å². The van der Waals surface area contributed by atoms with Crippen LogP contribution in [0.2, 0.25) is 0 Å². The molecule has 18 heavy (non-hydrogen) atoms. The molecule has 0 saturated heterocycles. The molecular formula is C14H18N2O2. The maximum absolute atomic E-state index is 11.6. The van der Waals surface area contributed by atoms with E-state index in [2.05, 4.69) is 0 Å². The highest BCUT2D eigenvalue weighted by atomic mass is 16.5. The first-order valence-electron chi connectivity index (χ1n) is 6.12. The van der Waals surface area contributed by atoms with Crippen molar-refractivity contribution in [2.45, 2.75) is 32.1 Å². The number of ether oxygens (including phenoxy) is 1. The lowest BCUT2D eigenvalue weighted by atomic mass is 9.77. The van der Waals surface area contributed by atoms with E-state index in [9.17, 15) is 4.79 Å². The summed E-state index contributed by atoms with van der Waals surface area (Å²) in [5, 5.41) is 7.66. The summed E-state index contributed by atoms with van der Waals surface area (Å²) in [5.41, 5.74) is 8.77. The van der Waals surface area contributed by atoms with Crippen molar-refractivity contribution in [3.05, 3.63) is 34.4 Å². The van der Waals surface area contributed by atoms with Gasteiger partial charge in [-0.3, -0.25) is 5.41 Å². The lowest BCUT2D eigenvalue weighted by molar-refractivity contribution is 0.0600. The molecule has 0 radical (unpaired) electrons. The summed E-state index contributed by atoms with van der Waals surface area (Å²) < 4.78 is 4.74. The average Bonchev–Trinajstić information content (AvgIpc) is 2.25. The van der Waals surface area contributed by atoms with E-state index in [1.54, 1.807) is 6.07 Å². The van der Waals surface area contributed by atoms with Crippen molar-refractivity contribution < 1.29 is 9.53 Å². The van der Waals surface area contributed by atoms with E-state index in [-0.39, 0.29) is 11.8 Å². The van der Waals surface area contributed by atoms with Crippen molar-refractivity contribution in [1.29, 1.82) is 5.41 Å². The van der Waals surface area contributed by atoms with Crippen molar-refractivity contribution in [2.24, 2.45) is 5.73 Å². The van der Waals surface area contributed by atoms with Gasteiger partial charge in [-0.05, 0) is 42.9 Å². The number of hydrogen-bond acceptors (Lipinski definition) is 3. The molecular weight excluding hydrogens is 228 g/mol. The van der Waals surface area contributed by atoms with Crippen LogP contribution in [0.25, 0.3) is 0 Å². The molecule has 4 heteroatoms. The van der Waals surface area contributed by atoms with Gasteiger partial charge in [-0.1, -0.05) is 12.5 Å². The molecule has 1 aromatic carbocycles. The molecule has 1 aliphatic carbocycles. The molecule has 0 heterocycles. The summed E-state index contributed by atoms with van der Waals surface area (Å²) in [5.74, 6) is 0.117. The monoisotopic (exact) mass is 246 g/mol. The highest BCUT2D eigenvalue weighted by molar-refractivity contribution is 6.00. The maximum Gasteiger partial charge on any atom is 0.338 e. The van der Waals surface area contributed by atoms with Crippen LogP contribution in [0.1, 0.15) is 52.2 Å². The molecule has 4 nitrogen and oxygen atoms in total. The van der Waals surface area contributed by atoms with Gasteiger partial charge in [0.2, 0.25) is 0 Å². The minimum Gasteiger partial charge on any atom is -0.465 e. The zero-order valence-corrected chi connectivity index (χ0v) is 10.7. The molecule has 0 atom stereocenters. The number of methoxy groups -OCH3 is 1. The maximum atomic E-state index is 11.6. The zero-order chi connectivity index (χ0) is 13.3. The largest absolute Gasteiger partial charge is 0.465 e. The number of benzene rings is 1. The van der Waals surface area contributed by atoms with Gasteiger partial charge < -0.3 is 10.5 Å². The number of nitrogens with two attached hydrogens (primary N) is 1. The van der Waals surface area contributed by atoms with Gasteiger partial charge in [0.15, 0.2) is 0 Å². The van der Waals surface area contributed by atoms with Crippen molar-refractivity contribution in [3.8, 4) is 0 Å². The van der Waals surface area contributed by atoms with Crippen LogP contribution in [0.4, 0.5) is 0 Å². The Labute approximate surface area is 107 Å². The lowest BCUT2D eigenvalue weighted by Gasteiger charge is -2.28. The van der Waals surface area contributed by atoms with Gasteiger partial charge in [0.25, 0.3) is 0 Å². The van der Waals surface area contributed by atoms with Crippen LogP contribution < -0.4 is 5.73 Å². The average molecular weight is 246 g/mol. The third kappa shape index (κ3) is 2.10. The van der Waals surface area contributed by atoms with E-state index in [0.717, 1.165) is 24.0 Å². The van der Waals surface area contributed by atoms with Crippen molar-refractivity contribution >= 4 is 11.8 Å². The number of aryl methyl sites for hydroxylation is 1. The lowest BCUT2D eigenvalue weighted by Crippen LogP contribution is -2.20. The van der Waals surface area contributed by atoms with Crippen LogP contribution >= 0.6 is 0 Å². The first-order chi connectivity index (χ1) is 8.54. The molecule has 0 spiro atoms. The number of esters is 1. The number of amidine groups is 1. The molecule has 3 N–H and O–H groups in total. The Morgan fingerprint density at radius 1 is 1.39 bits per heavy atom. The number of nitrogen functional groups attached to an aromatic ring is 1. The normalized spacial score (nSPS) is 15.0. The van der Waals surface area contributed by atoms with E-state index in [4.69, 9.17) is 15.9 Å². The Morgan fingerprint density at radius 2 is 2.06 bits per heavy atom. The van der Waals surface area contributed by atoms with Crippen LogP contribution in [-0.4, -0.2) is 18.9 Å². The molecule has 0 bridgehead atoms. The Morgan fingerprint density at radius 3 is 2.50 bits per heavy atom. The van der Waals surface area contributed by atoms with E-state index < -0.39 is 0 Å². The summed E-state index contributed by atoms with van der Waals surface area (Å²) in [7, 11) is 1.36. The summed E-state index contributed by atoms with van der Waals surface area (Å²) in [6.45, 7) is 1.89.